The Morgan fingerprint density at radius 2 is 1.71 bits per heavy atom. The van der Waals surface area contributed by atoms with Gasteiger partial charge in [-0.2, -0.15) is 0 Å². The molecule has 1 heterocycles. The first-order valence-corrected chi connectivity index (χ1v) is 10.1. The van der Waals surface area contributed by atoms with Gasteiger partial charge in [-0.1, -0.05) is 64.7 Å². The molecule has 0 aromatic carbocycles. The summed E-state index contributed by atoms with van der Waals surface area (Å²) >= 11 is 0. The summed E-state index contributed by atoms with van der Waals surface area (Å²) in [5.41, 5.74) is 0. The molecule has 4 heteroatoms. The molecule has 0 bridgehead atoms. The fourth-order valence-corrected chi connectivity index (χ4v) is 3.20. The first kappa shape index (κ1) is 21.4. The SMILES string of the molecule is CCCCCCCCCCCC(CC(=O)OC)OC1CCCCO1. The normalized spacial score (nSPS) is 19.2. The maximum absolute atomic E-state index is 11.6. The van der Waals surface area contributed by atoms with Gasteiger partial charge in [-0.25, -0.2) is 0 Å². The Bertz CT molecular complexity index is 300. The van der Waals surface area contributed by atoms with Crippen molar-refractivity contribution in [2.75, 3.05) is 13.7 Å². The van der Waals surface area contributed by atoms with E-state index in [0.717, 1.165) is 38.7 Å². The molecule has 1 aliphatic heterocycles. The lowest BCUT2D eigenvalue weighted by Crippen LogP contribution is -2.29. The number of methoxy groups -OCH3 is 1. The summed E-state index contributed by atoms with van der Waals surface area (Å²) in [7, 11) is 1.44. The number of rotatable bonds is 14. The minimum absolute atomic E-state index is 0.0647. The van der Waals surface area contributed by atoms with Gasteiger partial charge in [0, 0.05) is 6.61 Å². The van der Waals surface area contributed by atoms with Crippen LogP contribution in [0.15, 0.2) is 0 Å². The second kappa shape index (κ2) is 14.7. The van der Waals surface area contributed by atoms with Crippen LogP contribution in [0.5, 0.6) is 0 Å². The van der Waals surface area contributed by atoms with Gasteiger partial charge in [-0.3, -0.25) is 4.79 Å². The number of hydrogen-bond donors (Lipinski definition) is 0. The largest absolute Gasteiger partial charge is 0.469 e. The number of unbranched alkanes of at least 4 members (excludes halogenated alkanes) is 8. The van der Waals surface area contributed by atoms with E-state index in [-0.39, 0.29) is 18.4 Å². The minimum atomic E-state index is -0.188. The van der Waals surface area contributed by atoms with Crippen LogP contribution in [0, 0.1) is 0 Å². The third kappa shape index (κ3) is 11.0. The summed E-state index contributed by atoms with van der Waals surface area (Å²) in [5, 5.41) is 0. The predicted octanol–water partition coefficient (Wildman–Crippen LogP) is 5.38. The summed E-state index contributed by atoms with van der Waals surface area (Å²) in [6, 6.07) is 0. The van der Waals surface area contributed by atoms with Gasteiger partial charge in [0.15, 0.2) is 6.29 Å². The second-order valence-corrected chi connectivity index (χ2v) is 6.95. The molecular weight excluding hydrogens is 304 g/mol. The Morgan fingerprint density at radius 1 is 1.04 bits per heavy atom. The van der Waals surface area contributed by atoms with Gasteiger partial charge in [0.05, 0.1) is 19.6 Å². The molecule has 0 aromatic rings. The fraction of sp³-hybridized carbons (Fsp3) is 0.950. The highest BCUT2D eigenvalue weighted by atomic mass is 16.7. The Labute approximate surface area is 148 Å². The number of ether oxygens (including phenoxy) is 3. The molecule has 0 N–H and O–H groups in total. The van der Waals surface area contributed by atoms with Gasteiger partial charge in [-0.05, 0) is 25.7 Å². The van der Waals surface area contributed by atoms with Crippen LogP contribution in [0.2, 0.25) is 0 Å². The monoisotopic (exact) mass is 342 g/mol. The zero-order chi connectivity index (χ0) is 17.5. The average Bonchev–Trinajstić information content (AvgIpc) is 2.61. The van der Waals surface area contributed by atoms with Crippen LogP contribution in [-0.2, 0) is 19.0 Å². The highest BCUT2D eigenvalue weighted by Crippen LogP contribution is 2.20. The molecule has 1 saturated heterocycles. The van der Waals surface area contributed by atoms with Crippen LogP contribution in [0.25, 0.3) is 0 Å². The molecule has 0 aromatic heterocycles. The van der Waals surface area contributed by atoms with Crippen LogP contribution >= 0.6 is 0 Å². The number of esters is 1. The zero-order valence-electron chi connectivity index (χ0n) is 15.9. The van der Waals surface area contributed by atoms with Gasteiger partial charge in [0.2, 0.25) is 0 Å². The molecule has 1 aliphatic rings. The molecular formula is C20H38O4. The fourth-order valence-electron chi connectivity index (χ4n) is 3.20. The van der Waals surface area contributed by atoms with Crippen molar-refractivity contribution in [1.29, 1.82) is 0 Å². The number of hydrogen-bond acceptors (Lipinski definition) is 4. The number of carbonyl (C=O) groups excluding carboxylic acids is 1. The van der Waals surface area contributed by atoms with Crippen molar-refractivity contribution in [2.45, 2.75) is 109 Å². The molecule has 0 radical (unpaired) electrons. The second-order valence-electron chi connectivity index (χ2n) is 6.95. The third-order valence-corrected chi connectivity index (χ3v) is 4.73. The molecule has 2 unspecified atom stereocenters. The summed E-state index contributed by atoms with van der Waals surface area (Å²) < 4.78 is 16.5. The van der Waals surface area contributed by atoms with E-state index < -0.39 is 0 Å². The smallest absolute Gasteiger partial charge is 0.308 e. The van der Waals surface area contributed by atoms with Crippen molar-refractivity contribution < 1.29 is 19.0 Å². The average molecular weight is 343 g/mol. The highest BCUT2D eigenvalue weighted by molar-refractivity contribution is 5.69. The van der Waals surface area contributed by atoms with E-state index in [1.54, 1.807) is 0 Å². The van der Waals surface area contributed by atoms with E-state index in [9.17, 15) is 4.79 Å². The molecule has 1 rings (SSSR count). The van der Waals surface area contributed by atoms with Crippen molar-refractivity contribution in [1.82, 2.24) is 0 Å². The van der Waals surface area contributed by atoms with Crippen LogP contribution in [0.1, 0.15) is 96.8 Å². The Hall–Kier alpha value is -0.610. The maximum atomic E-state index is 11.6. The minimum Gasteiger partial charge on any atom is -0.469 e. The van der Waals surface area contributed by atoms with Crippen molar-refractivity contribution in [3.8, 4) is 0 Å². The predicted molar refractivity (Wildman–Crippen MR) is 96.9 cm³/mol. The molecule has 2 atom stereocenters. The Balaban J connectivity index is 2.13. The highest BCUT2D eigenvalue weighted by Gasteiger charge is 2.22. The number of carbonyl (C=O) groups is 1. The molecule has 0 saturated carbocycles. The summed E-state index contributed by atoms with van der Waals surface area (Å²) in [6.07, 6.45) is 16.0. The van der Waals surface area contributed by atoms with Crippen molar-refractivity contribution in [2.24, 2.45) is 0 Å². The van der Waals surface area contributed by atoms with E-state index in [2.05, 4.69) is 6.92 Å². The molecule has 4 nitrogen and oxygen atoms in total. The quantitative estimate of drug-likeness (QED) is 0.314. The van der Waals surface area contributed by atoms with Gasteiger partial charge in [0.1, 0.15) is 0 Å². The summed E-state index contributed by atoms with van der Waals surface area (Å²) in [4.78, 5) is 11.6. The molecule has 142 valence electrons. The molecule has 0 amide bonds. The van der Waals surface area contributed by atoms with Crippen molar-refractivity contribution in [3.05, 3.63) is 0 Å². The van der Waals surface area contributed by atoms with E-state index >= 15 is 0 Å². The Morgan fingerprint density at radius 3 is 2.29 bits per heavy atom. The third-order valence-electron chi connectivity index (χ3n) is 4.73. The van der Waals surface area contributed by atoms with Crippen LogP contribution < -0.4 is 0 Å². The van der Waals surface area contributed by atoms with Gasteiger partial charge < -0.3 is 14.2 Å². The van der Waals surface area contributed by atoms with Crippen molar-refractivity contribution >= 4 is 5.97 Å². The van der Waals surface area contributed by atoms with E-state index in [4.69, 9.17) is 14.2 Å². The van der Waals surface area contributed by atoms with E-state index in [1.807, 2.05) is 0 Å². The van der Waals surface area contributed by atoms with Gasteiger partial charge >= 0.3 is 5.97 Å². The zero-order valence-corrected chi connectivity index (χ0v) is 15.9. The van der Waals surface area contributed by atoms with E-state index in [1.165, 1.54) is 58.5 Å². The molecule has 1 fully saturated rings. The Kier molecular flexibility index (Phi) is 13.1. The van der Waals surface area contributed by atoms with Crippen LogP contribution in [-0.4, -0.2) is 32.1 Å². The maximum Gasteiger partial charge on any atom is 0.308 e. The van der Waals surface area contributed by atoms with E-state index in [0.29, 0.717) is 6.42 Å². The lowest BCUT2D eigenvalue weighted by atomic mass is 10.0. The molecule has 0 aliphatic carbocycles. The lowest BCUT2D eigenvalue weighted by molar-refractivity contribution is -0.193. The van der Waals surface area contributed by atoms with Gasteiger partial charge in [0.25, 0.3) is 0 Å². The van der Waals surface area contributed by atoms with Crippen molar-refractivity contribution in [3.63, 3.8) is 0 Å². The lowest BCUT2D eigenvalue weighted by Gasteiger charge is -2.27. The van der Waals surface area contributed by atoms with Gasteiger partial charge in [-0.15, -0.1) is 0 Å². The first-order valence-electron chi connectivity index (χ1n) is 10.1. The van der Waals surface area contributed by atoms with Crippen LogP contribution in [0.3, 0.4) is 0 Å². The summed E-state index contributed by atoms with van der Waals surface area (Å²) in [5.74, 6) is -0.188. The molecule has 0 spiro atoms. The molecule has 24 heavy (non-hydrogen) atoms. The van der Waals surface area contributed by atoms with Crippen LogP contribution in [0.4, 0.5) is 0 Å². The summed E-state index contributed by atoms with van der Waals surface area (Å²) in [6.45, 7) is 3.03. The standard InChI is InChI=1S/C20H38O4/c1-3-4-5-6-7-8-9-10-11-14-18(17-19(21)22-2)24-20-15-12-13-16-23-20/h18,20H,3-17H2,1-2H3. The first-order chi connectivity index (χ1) is 11.8. The topological polar surface area (TPSA) is 44.8 Å².